The molecule has 0 aromatic carbocycles. The van der Waals surface area contributed by atoms with Crippen molar-refractivity contribution in [2.75, 3.05) is 20.3 Å². The third kappa shape index (κ3) is 2.91. The molecule has 128 valence electrons. The Kier molecular flexibility index (Phi) is 5.51. The Morgan fingerprint density at radius 3 is 2.64 bits per heavy atom. The summed E-state index contributed by atoms with van der Waals surface area (Å²) < 4.78 is 16.3. The average molecular weight is 321 g/mol. The molecule has 0 radical (unpaired) electrons. The Morgan fingerprint density at radius 1 is 1.41 bits per heavy atom. The van der Waals surface area contributed by atoms with E-state index in [9.17, 15) is 25.2 Å². The van der Waals surface area contributed by atoms with Crippen LogP contribution in [0.2, 0.25) is 0 Å². The van der Waals surface area contributed by atoms with Gasteiger partial charge in [-0.25, -0.2) is 0 Å². The van der Waals surface area contributed by atoms with Crippen LogP contribution >= 0.6 is 0 Å². The summed E-state index contributed by atoms with van der Waals surface area (Å²) in [5, 5.41) is 42.2. The van der Waals surface area contributed by atoms with Crippen LogP contribution < -0.4 is 5.32 Å². The van der Waals surface area contributed by atoms with Crippen molar-refractivity contribution < 1.29 is 39.4 Å². The molecule has 0 aliphatic carbocycles. The molecule has 0 amide bonds. The number of rotatable bonds is 5. The van der Waals surface area contributed by atoms with Crippen LogP contribution in [0, 0.1) is 0 Å². The fourth-order valence-electron chi connectivity index (χ4n) is 2.75. The van der Waals surface area contributed by atoms with E-state index in [2.05, 4.69) is 5.32 Å². The molecular weight excluding hydrogens is 298 g/mol. The maximum absolute atomic E-state index is 11.2. The van der Waals surface area contributed by atoms with Gasteiger partial charge in [0.25, 0.3) is 0 Å². The zero-order valence-corrected chi connectivity index (χ0v) is 12.5. The van der Waals surface area contributed by atoms with Crippen molar-refractivity contribution in [3.05, 3.63) is 0 Å². The van der Waals surface area contributed by atoms with E-state index >= 15 is 0 Å². The lowest BCUT2D eigenvalue weighted by Crippen LogP contribution is -2.64. The van der Waals surface area contributed by atoms with Crippen molar-refractivity contribution in [1.82, 2.24) is 5.32 Å². The highest BCUT2D eigenvalue weighted by Crippen LogP contribution is 2.30. The zero-order valence-electron chi connectivity index (χ0n) is 12.5. The van der Waals surface area contributed by atoms with Crippen LogP contribution in [-0.4, -0.2) is 95.4 Å². The van der Waals surface area contributed by atoms with Crippen LogP contribution in [0.1, 0.15) is 6.92 Å². The Labute approximate surface area is 127 Å². The Bertz CT molecular complexity index is 396. The lowest BCUT2D eigenvalue weighted by Gasteiger charge is -2.43. The number of aliphatic hydroxyl groups is 4. The SMILES string of the molecule is CNC1C(OC2COC(C)C2(O)C=O)OC(CO)C(O)C1O. The molecule has 2 rings (SSSR count). The van der Waals surface area contributed by atoms with Gasteiger partial charge in [0.05, 0.1) is 25.4 Å². The van der Waals surface area contributed by atoms with E-state index in [1.165, 1.54) is 0 Å². The van der Waals surface area contributed by atoms with Crippen LogP contribution in [0.5, 0.6) is 0 Å². The van der Waals surface area contributed by atoms with E-state index in [1.54, 1.807) is 14.0 Å². The second-order valence-electron chi connectivity index (χ2n) is 5.63. The summed E-state index contributed by atoms with van der Waals surface area (Å²) in [5.74, 6) is 0. The smallest absolute Gasteiger partial charge is 0.176 e. The fourth-order valence-corrected chi connectivity index (χ4v) is 2.75. The number of aldehydes is 1. The minimum absolute atomic E-state index is 0.0187. The molecule has 9 nitrogen and oxygen atoms in total. The number of carbonyl (C=O) groups excluding carboxylic acids is 1. The van der Waals surface area contributed by atoms with Gasteiger partial charge in [-0.1, -0.05) is 0 Å². The summed E-state index contributed by atoms with van der Waals surface area (Å²) >= 11 is 0. The lowest BCUT2D eigenvalue weighted by molar-refractivity contribution is -0.290. The quantitative estimate of drug-likeness (QED) is 0.330. The Hall–Kier alpha value is -0.650. The number of nitrogens with one attached hydrogen (secondary N) is 1. The van der Waals surface area contributed by atoms with Crippen LogP contribution in [-0.2, 0) is 19.0 Å². The summed E-state index contributed by atoms with van der Waals surface area (Å²) in [6.07, 6.45) is -6.00. The second-order valence-corrected chi connectivity index (χ2v) is 5.63. The molecule has 2 saturated heterocycles. The van der Waals surface area contributed by atoms with Gasteiger partial charge in [-0.15, -0.1) is 0 Å². The van der Waals surface area contributed by atoms with Gasteiger partial charge in [0, 0.05) is 0 Å². The highest BCUT2D eigenvalue weighted by Gasteiger charge is 2.53. The first kappa shape index (κ1) is 17.7. The van der Waals surface area contributed by atoms with Crippen LogP contribution in [0.15, 0.2) is 0 Å². The van der Waals surface area contributed by atoms with Crippen molar-refractivity contribution in [3.63, 3.8) is 0 Å². The zero-order chi connectivity index (χ0) is 16.5. The highest BCUT2D eigenvalue weighted by atomic mass is 16.7. The molecule has 0 aromatic rings. The standard InChI is InChI=1S/C13H23NO8/c1-6-13(19,5-16)8(4-20-6)22-12-9(14-2)11(18)10(17)7(3-15)21-12/h5-12,14-15,17-19H,3-4H2,1-2H3. The normalized spacial score (nSPS) is 49.3. The molecule has 8 unspecified atom stereocenters. The van der Waals surface area contributed by atoms with Gasteiger partial charge >= 0.3 is 0 Å². The first-order valence-electron chi connectivity index (χ1n) is 7.14. The van der Waals surface area contributed by atoms with Gasteiger partial charge < -0.3 is 40.0 Å². The lowest BCUT2D eigenvalue weighted by atomic mass is 9.94. The monoisotopic (exact) mass is 321 g/mol. The molecule has 22 heavy (non-hydrogen) atoms. The van der Waals surface area contributed by atoms with Crippen LogP contribution in [0.4, 0.5) is 0 Å². The summed E-state index contributed by atoms with van der Waals surface area (Å²) in [5.41, 5.74) is -1.82. The van der Waals surface area contributed by atoms with Gasteiger partial charge in [-0.3, -0.25) is 4.79 Å². The first-order valence-corrected chi connectivity index (χ1v) is 7.14. The maximum Gasteiger partial charge on any atom is 0.176 e. The summed E-state index contributed by atoms with van der Waals surface area (Å²) in [6, 6.07) is -0.801. The number of carbonyl (C=O) groups is 1. The van der Waals surface area contributed by atoms with E-state index < -0.39 is 55.1 Å². The molecular formula is C13H23NO8. The van der Waals surface area contributed by atoms with E-state index in [0.717, 1.165) is 0 Å². The van der Waals surface area contributed by atoms with Gasteiger partial charge in [0.15, 0.2) is 18.2 Å². The number of hydrogen-bond donors (Lipinski definition) is 5. The van der Waals surface area contributed by atoms with E-state index in [4.69, 9.17) is 14.2 Å². The van der Waals surface area contributed by atoms with Crippen molar-refractivity contribution in [2.45, 2.75) is 55.4 Å². The molecule has 0 saturated carbocycles. The van der Waals surface area contributed by atoms with Gasteiger partial charge in [-0.05, 0) is 14.0 Å². The molecule has 0 aromatic heterocycles. The van der Waals surface area contributed by atoms with E-state index in [1.807, 2.05) is 0 Å². The highest BCUT2D eigenvalue weighted by molar-refractivity contribution is 5.65. The molecule has 2 fully saturated rings. The predicted octanol–water partition coefficient (Wildman–Crippen LogP) is -3.25. The Morgan fingerprint density at radius 2 is 2.09 bits per heavy atom. The molecule has 2 heterocycles. The van der Waals surface area contributed by atoms with Crippen LogP contribution in [0.25, 0.3) is 0 Å². The van der Waals surface area contributed by atoms with Gasteiger partial charge in [0.1, 0.15) is 24.4 Å². The summed E-state index contributed by atoms with van der Waals surface area (Å²) in [7, 11) is 1.54. The molecule has 8 atom stereocenters. The molecule has 2 aliphatic heterocycles. The van der Waals surface area contributed by atoms with Crippen molar-refractivity contribution in [1.29, 1.82) is 0 Å². The minimum Gasteiger partial charge on any atom is -0.394 e. The average Bonchev–Trinajstić information content (AvgIpc) is 2.79. The predicted molar refractivity (Wildman–Crippen MR) is 71.9 cm³/mol. The minimum atomic E-state index is -1.82. The molecule has 2 aliphatic rings. The summed E-state index contributed by atoms with van der Waals surface area (Å²) in [6.45, 7) is 1.02. The second kappa shape index (κ2) is 6.85. The number of hydrogen-bond acceptors (Lipinski definition) is 9. The topological polar surface area (TPSA) is 138 Å². The van der Waals surface area contributed by atoms with Crippen LogP contribution in [0.3, 0.4) is 0 Å². The first-order chi connectivity index (χ1) is 10.4. The van der Waals surface area contributed by atoms with Gasteiger partial charge in [0.2, 0.25) is 0 Å². The fraction of sp³-hybridized carbons (Fsp3) is 0.923. The number of ether oxygens (including phenoxy) is 3. The van der Waals surface area contributed by atoms with Crippen molar-refractivity contribution in [3.8, 4) is 0 Å². The molecule has 0 bridgehead atoms. The van der Waals surface area contributed by atoms with Crippen molar-refractivity contribution in [2.24, 2.45) is 0 Å². The Balaban J connectivity index is 2.14. The summed E-state index contributed by atoms with van der Waals surface area (Å²) in [4.78, 5) is 11.2. The molecule has 5 N–H and O–H groups in total. The number of aliphatic hydroxyl groups excluding tert-OH is 3. The maximum atomic E-state index is 11.2. The van der Waals surface area contributed by atoms with E-state index in [0.29, 0.717) is 6.29 Å². The molecule has 0 spiro atoms. The third-order valence-corrected chi connectivity index (χ3v) is 4.37. The van der Waals surface area contributed by atoms with E-state index in [-0.39, 0.29) is 6.61 Å². The third-order valence-electron chi connectivity index (χ3n) is 4.37. The van der Waals surface area contributed by atoms with Gasteiger partial charge in [-0.2, -0.15) is 0 Å². The van der Waals surface area contributed by atoms with Crippen molar-refractivity contribution >= 4 is 6.29 Å². The molecule has 9 heteroatoms. The number of likely N-dealkylation sites (N-methyl/N-ethyl adjacent to an activating group) is 1. The largest absolute Gasteiger partial charge is 0.394 e.